The molecule has 2 nitrogen and oxygen atoms in total. The minimum Gasteiger partial charge on any atom is -0.384 e. The van der Waals surface area contributed by atoms with Crippen LogP contribution in [-0.2, 0) is 4.74 Å². The maximum absolute atomic E-state index is 5.09. The molecule has 2 unspecified atom stereocenters. The monoisotopic (exact) mass is 217 g/mol. The molecular weight excluding hydrogens is 194 g/mol. The fourth-order valence-electron chi connectivity index (χ4n) is 2.07. The molecule has 84 valence electrons. The van der Waals surface area contributed by atoms with Crippen LogP contribution in [0.3, 0.4) is 0 Å². The second kappa shape index (κ2) is 7.55. The Morgan fingerprint density at radius 3 is 2.86 bits per heavy atom. The summed E-state index contributed by atoms with van der Waals surface area (Å²) in [5.41, 5.74) is 0. The minimum atomic E-state index is 0.746. The molecule has 2 atom stereocenters. The van der Waals surface area contributed by atoms with Gasteiger partial charge in [0, 0.05) is 24.2 Å². The van der Waals surface area contributed by atoms with E-state index in [1.54, 1.807) is 7.11 Å². The second-order valence-electron chi connectivity index (χ2n) is 3.85. The zero-order valence-corrected chi connectivity index (χ0v) is 10.2. The van der Waals surface area contributed by atoms with Gasteiger partial charge in [0.25, 0.3) is 0 Å². The molecule has 1 rings (SSSR count). The van der Waals surface area contributed by atoms with Crippen LogP contribution < -0.4 is 5.32 Å². The van der Waals surface area contributed by atoms with Crippen molar-refractivity contribution in [2.75, 3.05) is 26.0 Å². The Morgan fingerprint density at radius 2 is 2.14 bits per heavy atom. The van der Waals surface area contributed by atoms with Crippen LogP contribution in [0.25, 0.3) is 0 Å². The molecule has 1 fully saturated rings. The third-order valence-corrected chi connectivity index (χ3v) is 4.18. The molecule has 0 aliphatic heterocycles. The van der Waals surface area contributed by atoms with Gasteiger partial charge in [0.1, 0.15) is 0 Å². The summed E-state index contributed by atoms with van der Waals surface area (Å²) < 4.78 is 5.09. The largest absolute Gasteiger partial charge is 0.384 e. The quantitative estimate of drug-likeness (QED) is 0.690. The third-order valence-electron chi connectivity index (χ3n) is 2.79. The van der Waals surface area contributed by atoms with Gasteiger partial charge >= 0.3 is 0 Å². The lowest BCUT2D eigenvalue weighted by Gasteiger charge is -2.31. The maximum atomic E-state index is 5.09. The lowest BCUT2D eigenvalue weighted by molar-refractivity contribution is 0.218. The van der Waals surface area contributed by atoms with Gasteiger partial charge < -0.3 is 10.1 Å². The Kier molecular flexibility index (Phi) is 6.65. The van der Waals surface area contributed by atoms with E-state index < -0.39 is 0 Å². The van der Waals surface area contributed by atoms with E-state index in [-0.39, 0.29) is 0 Å². The van der Waals surface area contributed by atoms with Crippen LogP contribution in [0.4, 0.5) is 0 Å². The first kappa shape index (κ1) is 12.3. The van der Waals surface area contributed by atoms with Crippen LogP contribution in [0.15, 0.2) is 0 Å². The Bertz CT molecular complexity index is 141. The van der Waals surface area contributed by atoms with Gasteiger partial charge in [-0.05, 0) is 19.4 Å². The van der Waals surface area contributed by atoms with Crippen molar-refractivity contribution in [3.63, 3.8) is 0 Å². The van der Waals surface area contributed by atoms with Crippen molar-refractivity contribution in [2.45, 2.75) is 43.9 Å². The van der Waals surface area contributed by atoms with Crippen molar-refractivity contribution < 1.29 is 4.74 Å². The average molecular weight is 217 g/mol. The molecule has 0 radical (unpaired) electrons. The fraction of sp³-hybridized carbons (Fsp3) is 1.00. The van der Waals surface area contributed by atoms with E-state index in [1.165, 1.54) is 25.7 Å². The molecule has 1 N–H and O–H groups in total. The Labute approximate surface area is 92.2 Å². The molecule has 14 heavy (non-hydrogen) atoms. The molecule has 0 amide bonds. The Balaban J connectivity index is 2.22. The van der Waals surface area contributed by atoms with Gasteiger partial charge in [0.15, 0.2) is 0 Å². The third kappa shape index (κ3) is 4.20. The lowest BCUT2D eigenvalue weighted by Crippen LogP contribution is -2.40. The van der Waals surface area contributed by atoms with Gasteiger partial charge in [-0.15, -0.1) is 0 Å². The first-order valence-electron chi connectivity index (χ1n) is 5.72. The van der Waals surface area contributed by atoms with E-state index >= 15 is 0 Å². The SMILES string of the molecule is CCNC1CCCCC1SCCOC. The van der Waals surface area contributed by atoms with Crippen molar-refractivity contribution in [3.05, 3.63) is 0 Å². The number of hydrogen-bond donors (Lipinski definition) is 1. The highest BCUT2D eigenvalue weighted by molar-refractivity contribution is 7.99. The standard InChI is InChI=1S/C11H23NOS/c1-3-12-10-6-4-5-7-11(10)14-9-8-13-2/h10-12H,3-9H2,1-2H3. The summed E-state index contributed by atoms with van der Waals surface area (Å²) in [6.07, 6.45) is 5.55. The fourth-order valence-corrected chi connectivity index (χ4v) is 3.44. The van der Waals surface area contributed by atoms with Crippen molar-refractivity contribution in [1.29, 1.82) is 0 Å². The van der Waals surface area contributed by atoms with Crippen LogP contribution in [0, 0.1) is 0 Å². The molecular formula is C11H23NOS. The topological polar surface area (TPSA) is 21.3 Å². The lowest BCUT2D eigenvalue weighted by atomic mass is 9.95. The van der Waals surface area contributed by atoms with Gasteiger partial charge in [-0.25, -0.2) is 0 Å². The summed E-state index contributed by atoms with van der Waals surface area (Å²) in [6.45, 7) is 4.19. The van der Waals surface area contributed by atoms with E-state index in [9.17, 15) is 0 Å². The molecule has 0 spiro atoms. The smallest absolute Gasteiger partial charge is 0.0553 e. The zero-order valence-electron chi connectivity index (χ0n) is 9.42. The average Bonchev–Trinajstić information content (AvgIpc) is 2.21. The van der Waals surface area contributed by atoms with E-state index in [0.29, 0.717) is 0 Å². The summed E-state index contributed by atoms with van der Waals surface area (Å²) in [5.74, 6) is 1.14. The van der Waals surface area contributed by atoms with E-state index in [2.05, 4.69) is 24.0 Å². The molecule has 0 aromatic heterocycles. The summed E-state index contributed by atoms with van der Waals surface area (Å²) in [6, 6.07) is 0.746. The minimum absolute atomic E-state index is 0.746. The summed E-state index contributed by atoms with van der Waals surface area (Å²) in [7, 11) is 1.78. The number of hydrogen-bond acceptors (Lipinski definition) is 3. The van der Waals surface area contributed by atoms with Crippen LogP contribution in [-0.4, -0.2) is 37.3 Å². The van der Waals surface area contributed by atoms with Crippen molar-refractivity contribution in [3.8, 4) is 0 Å². The maximum Gasteiger partial charge on any atom is 0.0553 e. The highest BCUT2D eigenvalue weighted by Crippen LogP contribution is 2.28. The van der Waals surface area contributed by atoms with Crippen molar-refractivity contribution in [1.82, 2.24) is 5.32 Å². The van der Waals surface area contributed by atoms with Gasteiger partial charge in [0.05, 0.1) is 6.61 Å². The predicted octanol–water partition coefficient (Wildman–Crippen LogP) is 2.29. The van der Waals surface area contributed by atoms with Crippen LogP contribution in [0.5, 0.6) is 0 Å². The van der Waals surface area contributed by atoms with Gasteiger partial charge in [-0.1, -0.05) is 19.8 Å². The zero-order chi connectivity index (χ0) is 10.2. The predicted molar refractivity (Wildman–Crippen MR) is 64.1 cm³/mol. The Morgan fingerprint density at radius 1 is 1.36 bits per heavy atom. The number of nitrogens with one attached hydrogen (secondary N) is 1. The highest BCUT2D eigenvalue weighted by atomic mass is 32.2. The first-order chi connectivity index (χ1) is 6.88. The molecule has 1 saturated carbocycles. The van der Waals surface area contributed by atoms with Crippen molar-refractivity contribution in [2.24, 2.45) is 0 Å². The van der Waals surface area contributed by atoms with Crippen molar-refractivity contribution >= 4 is 11.8 Å². The van der Waals surface area contributed by atoms with Gasteiger partial charge in [0.2, 0.25) is 0 Å². The van der Waals surface area contributed by atoms with Gasteiger partial charge in [-0.2, -0.15) is 11.8 Å². The van der Waals surface area contributed by atoms with E-state index in [0.717, 1.165) is 30.2 Å². The molecule has 1 aliphatic carbocycles. The molecule has 0 bridgehead atoms. The Hall–Kier alpha value is 0.270. The number of rotatable bonds is 6. The van der Waals surface area contributed by atoms with E-state index in [4.69, 9.17) is 4.74 Å². The first-order valence-corrected chi connectivity index (χ1v) is 6.77. The number of methoxy groups -OCH3 is 1. The molecule has 3 heteroatoms. The summed E-state index contributed by atoms with van der Waals surface area (Å²) in [5, 5.41) is 4.42. The van der Waals surface area contributed by atoms with Crippen LogP contribution >= 0.6 is 11.8 Å². The second-order valence-corrected chi connectivity index (χ2v) is 5.20. The summed E-state index contributed by atoms with van der Waals surface area (Å²) >= 11 is 2.08. The normalized spacial score (nSPS) is 27.9. The summed E-state index contributed by atoms with van der Waals surface area (Å²) in [4.78, 5) is 0. The molecule has 1 aliphatic rings. The molecule has 0 aromatic rings. The number of thioether (sulfide) groups is 1. The van der Waals surface area contributed by atoms with Crippen LogP contribution in [0.1, 0.15) is 32.6 Å². The van der Waals surface area contributed by atoms with E-state index in [1.807, 2.05) is 0 Å². The molecule has 0 aromatic carbocycles. The highest BCUT2D eigenvalue weighted by Gasteiger charge is 2.23. The molecule has 0 heterocycles. The van der Waals surface area contributed by atoms with Crippen LogP contribution in [0.2, 0.25) is 0 Å². The number of ether oxygens (including phenoxy) is 1. The van der Waals surface area contributed by atoms with Gasteiger partial charge in [-0.3, -0.25) is 0 Å². The molecule has 0 saturated heterocycles.